The van der Waals surface area contributed by atoms with Gasteiger partial charge >= 0.3 is 0 Å². The van der Waals surface area contributed by atoms with Gasteiger partial charge in [-0.2, -0.15) is 4.31 Å². The van der Waals surface area contributed by atoms with Crippen LogP contribution in [0.2, 0.25) is 0 Å². The highest BCUT2D eigenvalue weighted by molar-refractivity contribution is 8.06. The van der Waals surface area contributed by atoms with E-state index in [0.717, 1.165) is 25.5 Å². The van der Waals surface area contributed by atoms with E-state index in [0.29, 0.717) is 19.5 Å². The predicted molar refractivity (Wildman–Crippen MR) is 66.6 cm³/mol. The van der Waals surface area contributed by atoms with Gasteiger partial charge in [0, 0.05) is 18.8 Å². The number of nitrogens with two attached hydrogens (primary N) is 1. The largest absolute Gasteiger partial charge is 0.330 e. The summed E-state index contributed by atoms with van der Waals surface area (Å²) in [4.78, 5) is 0. The molecule has 0 unspecified atom stereocenters. The van der Waals surface area contributed by atoms with Crippen LogP contribution in [-0.2, 0) is 19.9 Å². The molecule has 0 radical (unpaired) electrons. The first-order valence-corrected chi connectivity index (χ1v) is 9.30. The summed E-state index contributed by atoms with van der Waals surface area (Å²) in [6.07, 6.45) is 4.12. The van der Waals surface area contributed by atoms with Crippen LogP contribution in [0.4, 0.5) is 0 Å². The van der Waals surface area contributed by atoms with Crippen molar-refractivity contribution in [1.29, 1.82) is 0 Å². The molecule has 0 amide bonds. The molecular formula is C9H20N2O4S2. The average Bonchev–Trinajstić information content (AvgIpc) is 2.04. The zero-order chi connectivity index (χ0) is 13.1. The van der Waals surface area contributed by atoms with Gasteiger partial charge in [0.1, 0.15) is 0 Å². The van der Waals surface area contributed by atoms with Crippen molar-refractivity contribution in [3.8, 4) is 0 Å². The standard InChI is InChI=1S/C9H20N2O4S2/c1-16(12,13)8-17(14,15)11(7-3-6-10)9-4-2-5-9/h9H,2-8,10H2,1H3. The van der Waals surface area contributed by atoms with Crippen molar-refractivity contribution >= 4 is 19.9 Å². The molecule has 6 nitrogen and oxygen atoms in total. The summed E-state index contributed by atoms with van der Waals surface area (Å²) in [5.74, 6) is 0. The third kappa shape index (κ3) is 4.53. The van der Waals surface area contributed by atoms with Crippen LogP contribution in [0, 0.1) is 0 Å². The maximum atomic E-state index is 12.0. The molecule has 0 aromatic heterocycles. The van der Waals surface area contributed by atoms with Gasteiger partial charge in [-0.1, -0.05) is 6.42 Å². The highest BCUT2D eigenvalue weighted by Crippen LogP contribution is 2.27. The summed E-state index contributed by atoms with van der Waals surface area (Å²) >= 11 is 0. The average molecular weight is 284 g/mol. The molecule has 8 heteroatoms. The summed E-state index contributed by atoms with van der Waals surface area (Å²) in [5, 5.41) is -0.804. The zero-order valence-corrected chi connectivity index (χ0v) is 11.6. The molecular weight excluding hydrogens is 264 g/mol. The number of sulfone groups is 1. The molecule has 0 aliphatic heterocycles. The van der Waals surface area contributed by atoms with E-state index in [4.69, 9.17) is 5.73 Å². The van der Waals surface area contributed by atoms with Gasteiger partial charge < -0.3 is 5.73 Å². The van der Waals surface area contributed by atoms with Crippen molar-refractivity contribution in [2.24, 2.45) is 5.73 Å². The van der Waals surface area contributed by atoms with Crippen LogP contribution in [0.3, 0.4) is 0 Å². The number of rotatable bonds is 7. The molecule has 0 spiro atoms. The fourth-order valence-electron chi connectivity index (χ4n) is 1.81. The Morgan fingerprint density at radius 2 is 1.82 bits per heavy atom. The second-order valence-electron chi connectivity index (χ2n) is 4.49. The molecule has 0 aromatic rings. The van der Waals surface area contributed by atoms with E-state index in [1.807, 2.05) is 0 Å². The Bertz CT molecular complexity index is 440. The Morgan fingerprint density at radius 3 is 2.18 bits per heavy atom. The van der Waals surface area contributed by atoms with Gasteiger partial charge in [-0.15, -0.1) is 0 Å². The third-order valence-electron chi connectivity index (χ3n) is 2.78. The van der Waals surface area contributed by atoms with E-state index >= 15 is 0 Å². The molecule has 1 rings (SSSR count). The Morgan fingerprint density at radius 1 is 1.24 bits per heavy atom. The van der Waals surface area contributed by atoms with Crippen molar-refractivity contribution in [3.05, 3.63) is 0 Å². The van der Waals surface area contributed by atoms with Crippen LogP contribution in [0.25, 0.3) is 0 Å². The van der Waals surface area contributed by atoms with E-state index in [-0.39, 0.29) is 6.04 Å². The molecule has 1 saturated carbocycles. The van der Waals surface area contributed by atoms with Crippen LogP contribution in [0.15, 0.2) is 0 Å². The van der Waals surface area contributed by atoms with Gasteiger partial charge in [0.2, 0.25) is 10.0 Å². The first-order valence-electron chi connectivity index (χ1n) is 5.63. The molecule has 1 aliphatic carbocycles. The van der Waals surface area contributed by atoms with Gasteiger partial charge in [0.25, 0.3) is 0 Å². The minimum atomic E-state index is -3.72. The first kappa shape index (κ1) is 14.9. The molecule has 0 atom stereocenters. The predicted octanol–water partition coefficient (Wildman–Crippen LogP) is -0.478. The molecule has 0 bridgehead atoms. The summed E-state index contributed by atoms with van der Waals surface area (Å²) < 4.78 is 47.6. The maximum absolute atomic E-state index is 12.0. The minimum Gasteiger partial charge on any atom is -0.330 e. The van der Waals surface area contributed by atoms with Crippen LogP contribution in [-0.4, -0.2) is 51.6 Å². The molecule has 102 valence electrons. The number of nitrogens with zero attached hydrogens (tertiary/aromatic N) is 1. The van der Waals surface area contributed by atoms with Crippen molar-refractivity contribution in [3.63, 3.8) is 0 Å². The van der Waals surface area contributed by atoms with Crippen LogP contribution in [0.1, 0.15) is 25.7 Å². The topological polar surface area (TPSA) is 97.5 Å². The van der Waals surface area contributed by atoms with Gasteiger partial charge in [-0.3, -0.25) is 0 Å². The molecule has 17 heavy (non-hydrogen) atoms. The van der Waals surface area contributed by atoms with E-state index < -0.39 is 24.9 Å². The monoisotopic (exact) mass is 284 g/mol. The minimum absolute atomic E-state index is 0.0340. The lowest BCUT2D eigenvalue weighted by molar-refractivity contribution is 0.219. The van der Waals surface area contributed by atoms with Crippen LogP contribution < -0.4 is 5.73 Å². The second kappa shape index (κ2) is 5.64. The third-order valence-corrected chi connectivity index (χ3v) is 6.88. The molecule has 0 aromatic carbocycles. The fraction of sp³-hybridized carbons (Fsp3) is 1.00. The lowest BCUT2D eigenvalue weighted by atomic mass is 9.93. The molecule has 0 heterocycles. The zero-order valence-electron chi connectivity index (χ0n) is 10.0. The van der Waals surface area contributed by atoms with Crippen LogP contribution >= 0.6 is 0 Å². The summed E-state index contributed by atoms with van der Waals surface area (Å²) in [7, 11) is -7.25. The lowest BCUT2D eigenvalue weighted by Crippen LogP contribution is -2.46. The normalized spacial score (nSPS) is 18.3. The summed E-state index contributed by atoms with van der Waals surface area (Å²) in [6, 6.07) is -0.0340. The molecule has 2 N–H and O–H groups in total. The number of hydrogen-bond acceptors (Lipinski definition) is 5. The lowest BCUT2D eigenvalue weighted by Gasteiger charge is -2.36. The van der Waals surface area contributed by atoms with Gasteiger partial charge in [-0.05, 0) is 25.8 Å². The highest BCUT2D eigenvalue weighted by atomic mass is 32.3. The van der Waals surface area contributed by atoms with Crippen molar-refractivity contribution < 1.29 is 16.8 Å². The SMILES string of the molecule is CS(=O)(=O)CS(=O)(=O)N(CCCN)C1CCC1. The quantitative estimate of drug-likeness (QED) is 0.681. The van der Waals surface area contributed by atoms with Crippen molar-refractivity contribution in [2.45, 2.75) is 31.7 Å². The number of sulfonamides is 1. The van der Waals surface area contributed by atoms with Gasteiger partial charge in [-0.25, -0.2) is 16.8 Å². The maximum Gasteiger partial charge on any atom is 0.228 e. The van der Waals surface area contributed by atoms with Gasteiger partial charge in [0.05, 0.1) is 0 Å². The van der Waals surface area contributed by atoms with E-state index in [1.54, 1.807) is 0 Å². The van der Waals surface area contributed by atoms with Gasteiger partial charge in [0.15, 0.2) is 14.9 Å². The smallest absolute Gasteiger partial charge is 0.228 e. The number of hydrogen-bond donors (Lipinski definition) is 1. The molecule has 1 aliphatic rings. The van der Waals surface area contributed by atoms with Crippen molar-refractivity contribution in [2.75, 3.05) is 24.4 Å². The highest BCUT2D eigenvalue weighted by Gasteiger charge is 2.35. The van der Waals surface area contributed by atoms with E-state index in [1.165, 1.54) is 4.31 Å². The summed E-state index contributed by atoms with van der Waals surface area (Å²) in [5.41, 5.74) is 5.37. The Labute approximate surface area is 103 Å². The first-order chi connectivity index (χ1) is 7.76. The summed E-state index contributed by atoms with van der Waals surface area (Å²) in [6.45, 7) is 0.719. The molecule has 1 fully saturated rings. The Hall–Kier alpha value is -0.180. The van der Waals surface area contributed by atoms with Crippen molar-refractivity contribution in [1.82, 2.24) is 4.31 Å². The van der Waals surface area contributed by atoms with E-state index in [2.05, 4.69) is 0 Å². The fourth-order valence-corrected chi connectivity index (χ4v) is 5.59. The van der Waals surface area contributed by atoms with Crippen LogP contribution in [0.5, 0.6) is 0 Å². The Kier molecular flexibility index (Phi) is 4.94. The second-order valence-corrected chi connectivity index (χ2v) is 8.92. The molecule has 0 saturated heterocycles. The van der Waals surface area contributed by atoms with E-state index in [9.17, 15) is 16.8 Å². The Balaban J connectivity index is 2.80.